The fourth-order valence-corrected chi connectivity index (χ4v) is 1.13. The molecule has 0 saturated heterocycles. The standard InChI is InChI=1S/C11H11NO2/c1-3-11(14)9-6-4-5-7-10(9)12-8(2)13/h1,4-7,11,14H,2H3,(H,12,13)/t11-/m1/s1. The molecule has 0 unspecified atom stereocenters. The van der Waals surface area contributed by atoms with Crippen LogP contribution in [0.15, 0.2) is 24.3 Å². The summed E-state index contributed by atoms with van der Waals surface area (Å²) in [6.45, 7) is 1.40. The first-order chi connectivity index (χ1) is 6.65. The van der Waals surface area contributed by atoms with Crippen LogP contribution in [0.4, 0.5) is 5.69 Å². The van der Waals surface area contributed by atoms with Gasteiger partial charge in [0.1, 0.15) is 6.10 Å². The second kappa shape index (κ2) is 4.45. The van der Waals surface area contributed by atoms with Crippen molar-refractivity contribution in [3.05, 3.63) is 29.8 Å². The first kappa shape index (κ1) is 10.3. The number of terminal acetylenes is 1. The number of carbonyl (C=O) groups is 1. The molecule has 0 radical (unpaired) electrons. The van der Waals surface area contributed by atoms with Gasteiger partial charge in [-0.25, -0.2) is 0 Å². The summed E-state index contributed by atoms with van der Waals surface area (Å²) in [5.74, 6) is 2.01. The average molecular weight is 189 g/mol. The predicted molar refractivity (Wildman–Crippen MR) is 54.5 cm³/mol. The maximum Gasteiger partial charge on any atom is 0.221 e. The molecule has 1 rings (SSSR count). The topological polar surface area (TPSA) is 49.3 Å². The van der Waals surface area contributed by atoms with Crippen molar-refractivity contribution in [3.63, 3.8) is 0 Å². The molecule has 0 heterocycles. The van der Waals surface area contributed by atoms with Crippen LogP contribution in [-0.2, 0) is 4.79 Å². The molecule has 72 valence electrons. The number of aliphatic hydroxyl groups is 1. The van der Waals surface area contributed by atoms with E-state index in [4.69, 9.17) is 6.42 Å². The molecule has 0 spiro atoms. The number of benzene rings is 1. The third-order valence-corrected chi connectivity index (χ3v) is 1.72. The lowest BCUT2D eigenvalue weighted by molar-refractivity contribution is -0.114. The minimum Gasteiger partial charge on any atom is -0.376 e. The van der Waals surface area contributed by atoms with Crippen LogP contribution >= 0.6 is 0 Å². The summed E-state index contributed by atoms with van der Waals surface area (Å²) < 4.78 is 0. The number of rotatable bonds is 2. The summed E-state index contributed by atoms with van der Waals surface area (Å²) >= 11 is 0. The van der Waals surface area contributed by atoms with Crippen molar-refractivity contribution in [2.75, 3.05) is 5.32 Å². The second-order valence-corrected chi connectivity index (χ2v) is 2.84. The smallest absolute Gasteiger partial charge is 0.221 e. The molecule has 0 saturated carbocycles. The Balaban J connectivity index is 3.04. The highest BCUT2D eigenvalue weighted by Gasteiger charge is 2.09. The van der Waals surface area contributed by atoms with Crippen molar-refractivity contribution in [2.24, 2.45) is 0 Å². The lowest BCUT2D eigenvalue weighted by Gasteiger charge is -2.10. The van der Waals surface area contributed by atoms with Gasteiger partial charge < -0.3 is 10.4 Å². The van der Waals surface area contributed by atoms with E-state index in [1.807, 2.05) is 0 Å². The largest absolute Gasteiger partial charge is 0.376 e. The summed E-state index contributed by atoms with van der Waals surface area (Å²) in [4.78, 5) is 10.8. The summed E-state index contributed by atoms with van der Waals surface area (Å²) in [6, 6.07) is 6.88. The molecule has 0 bridgehead atoms. The Labute approximate surface area is 82.8 Å². The Hall–Kier alpha value is -1.79. The van der Waals surface area contributed by atoms with Crippen molar-refractivity contribution in [3.8, 4) is 12.3 Å². The molecule has 1 atom stereocenters. The van der Waals surface area contributed by atoms with Gasteiger partial charge >= 0.3 is 0 Å². The van der Waals surface area contributed by atoms with E-state index in [9.17, 15) is 9.90 Å². The number of nitrogens with one attached hydrogen (secondary N) is 1. The van der Waals surface area contributed by atoms with Gasteiger partial charge in [-0.05, 0) is 6.07 Å². The molecule has 1 aromatic carbocycles. The van der Waals surface area contributed by atoms with Gasteiger partial charge in [-0.1, -0.05) is 24.1 Å². The number of carbonyl (C=O) groups excluding carboxylic acids is 1. The SMILES string of the molecule is C#C[C@@H](O)c1ccccc1NC(C)=O. The molecule has 3 nitrogen and oxygen atoms in total. The summed E-state index contributed by atoms with van der Waals surface area (Å²) in [5.41, 5.74) is 1.08. The van der Waals surface area contributed by atoms with Crippen molar-refractivity contribution in [2.45, 2.75) is 13.0 Å². The Morgan fingerprint density at radius 2 is 2.21 bits per heavy atom. The third kappa shape index (κ3) is 2.35. The molecule has 0 fully saturated rings. The maximum absolute atomic E-state index is 10.8. The first-order valence-corrected chi connectivity index (χ1v) is 4.16. The summed E-state index contributed by atoms with van der Waals surface area (Å²) in [7, 11) is 0. The maximum atomic E-state index is 10.8. The van der Waals surface area contributed by atoms with E-state index in [0.717, 1.165) is 0 Å². The van der Waals surface area contributed by atoms with Crippen LogP contribution in [0.2, 0.25) is 0 Å². The van der Waals surface area contributed by atoms with E-state index in [1.165, 1.54) is 6.92 Å². The molecule has 1 amide bonds. The Morgan fingerprint density at radius 1 is 1.57 bits per heavy atom. The zero-order valence-corrected chi connectivity index (χ0v) is 7.82. The van der Waals surface area contributed by atoms with Crippen LogP contribution in [0.5, 0.6) is 0 Å². The van der Waals surface area contributed by atoms with Gasteiger partial charge in [0.15, 0.2) is 0 Å². The molecule has 2 N–H and O–H groups in total. The number of para-hydroxylation sites is 1. The zero-order valence-electron chi connectivity index (χ0n) is 7.82. The van der Waals surface area contributed by atoms with Gasteiger partial charge in [0.2, 0.25) is 5.91 Å². The van der Waals surface area contributed by atoms with Crippen LogP contribution in [-0.4, -0.2) is 11.0 Å². The van der Waals surface area contributed by atoms with Gasteiger partial charge in [-0.3, -0.25) is 4.79 Å². The van der Waals surface area contributed by atoms with Gasteiger partial charge in [-0.2, -0.15) is 0 Å². The molecule has 1 aromatic rings. The van der Waals surface area contributed by atoms with Gasteiger partial charge in [0.25, 0.3) is 0 Å². The molecular formula is C11H11NO2. The lowest BCUT2D eigenvalue weighted by atomic mass is 10.1. The van der Waals surface area contributed by atoms with Crippen LogP contribution in [0, 0.1) is 12.3 Å². The third-order valence-electron chi connectivity index (χ3n) is 1.72. The number of aliphatic hydroxyl groups excluding tert-OH is 1. The molecule has 0 aromatic heterocycles. The van der Waals surface area contributed by atoms with E-state index in [2.05, 4.69) is 11.2 Å². The predicted octanol–water partition coefficient (Wildman–Crippen LogP) is 1.31. The van der Waals surface area contributed by atoms with E-state index in [0.29, 0.717) is 11.3 Å². The summed E-state index contributed by atoms with van der Waals surface area (Å²) in [6.07, 6.45) is 4.10. The summed E-state index contributed by atoms with van der Waals surface area (Å²) in [5, 5.41) is 12.0. The van der Waals surface area contributed by atoms with Gasteiger partial charge in [-0.15, -0.1) is 6.42 Å². The number of anilines is 1. The minimum absolute atomic E-state index is 0.193. The quantitative estimate of drug-likeness (QED) is 0.689. The fourth-order valence-electron chi connectivity index (χ4n) is 1.13. The number of hydrogen-bond acceptors (Lipinski definition) is 2. The van der Waals surface area contributed by atoms with Crippen LogP contribution in [0.25, 0.3) is 0 Å². The zero-order chi connectivity index (χ0) is 10.6. The molecule has 0 aliphatic rings. The van der Waals surface area contributed by atoms with E-state index in [-0.39, 0.29) is 5.91 Å². The molecule has 0 aliphatic heterocycles. The second-order valence-electron chi connectivity index (χ2n) is 2.84. The Kier molecular flexibility index (Phi) is 3.27. The lowest BCUT2D eigenvalue weighted by Crippen LogP contribution is -2.09. The van der Waals surface area contributed by atoms with Crippen molar-refractivity contribution >= 4 is 11.6 Å². The first-order valence-electron chi connectivity index (χ1n) is 4.16. The van der Waals surface area contributed by atoms with E-state index < -0.39 is 6.10 Å². The van der Waals surface area contributed by atoms with Gasteiger partial charge in [0, 0.05) is 18.2 Å². The highest BCUT2D eigenvalue weighted by molar-refractivity contribution is 5.89. The van der Waals surface area contributed by atoms with Crippen LogP contribution in [0.1, 0.15) is 18.6 Å². The van der Waals surface area contributed by atoms with Crippen molar-refractivity contribution < 1.29 is 9.90 Å². The van der Waals surface area contributed by atoms with Crippen LogP contribution < -0.4 is 5.32 Å². The highest BCUT2D eigenvalue weighted by Crippen LogP contribution is 2.21. The molecule has 3 heteroatoms. The van der Waals surface area contributed by atoms with Crippen molar-refractivity contribution in [1.82, 2.24) is 0 Å². The normalized spacial score (nSPS) is 11.5. The molecule has 14 heavy (non-hydrogen) atoms. The Morgan fingerprint density at radius 3 is 2.79 bits per heavy atom. The van der Waals surface area contributed by atoms with Crippen molar-refractivity contribution in [1.29, 1.82) is 0 Å². The molecular weight excluding hydrogens is 178 g/mol. The minimum atomic E-state index is -0.988. The fraction of sp³-hybridized carbons (Fsp3) is 0.182. The highest BCUT2D eigenvalue weighted by atomic mass is 16.3. The van der Waals surface area contributed by atoms with E-state index >= 15 is 0 Å². The Bertz CT molecular complexity index is 379. The monoisotopic (exact) mass is 189 g/mol. The molecule has 0 aliphatic carbocycles. The number of hydrogen-bond donors (Lipinski definition) is 2. The average Bonchev–Trinajstić information content (AvgIpc) is 2.16. The van der Waals surface area contributed by atoms with Crippen LogP contribution in [0.3, 0.4) is 0 Å². The number of amides is 1. The van der Waals surface area contributed by atoms with E-state index in [1.54, 1.807) is 24.3 Å². The van der Waals surface area contributed by atoms with Gasteiger partial charge in [0.05, 0.1) is 0 Å².